The first kappa shape index (κ1) is 11.3. The fourth-order valence-electron chi connectivity index (χ4n) is 1.01. The minimum absolute atomic E-state index is 0.380. The van der Waals surface area contributed by atoms with Crippen LogP contribution in [0.2, 0.25) is 0 Å². The molecule has 0 atom stereocenters. The summed E-state index contributed by atoms with van der Waals surface area (Å²) in [5, 5.41) is 0.760. The van der Waals surface area contributed by atoms with E-state index >= 15 is 0 Å². The molecule has 0 bridgehead atoms. The van der Waals surface area contributed by atoms with Crippen LogP contribution in [0.15, 0.2) is 0 Å². The van der Waals surface area contributed by atoms with Crippen molar-refractivity contribution in [3.63, 3.8) is 0 Å². The van der Waals surface area contributed by atoms with E-state index in [1.165, 1.54) is 0 Å². The lowest BCUT2D eigenvalue weighted by atomic mass is 10.2. The average Bonchev–Trinajstić information content (AvgIpc) is 1.58. The minimum atomic E-state index is -1.06. The molecule has 0 unspecified atom stereocenters. The van der Waals surface area contributed by atoms with Gasteiger partial charge in [0.25, 0.3) is 0 Å². The van der Waals surface area contributed by atoms with Gasteiger partial charge < -0.3 is 0 Å². The summed E-state index contributed by atoms with van der Waals surface area (Å²) in [7, 11) is 0. The largest absolute Gasteiger partial charge is 0.105 e. The smallest absolute Gasteiger partial charge is 0.0184 e. The maximum absolute atomic E-state index is 4.42. The van der Waals surface area contributed by atoms with Gasteiger partial charge >= 0.3 is 0 Å². The van der Waals surface area contributed by atoms with E-state index in [-0.39, 0.29) is 0 Å². The Morgan fingerprint density at radius 2 is 1.00 bits per heavy atom. The molecule has 0 nitrogen and oxygen atoms in total. The Bertz CT molecular complexity index is 158. The molecular formula is C10H23P. The molecule has 0 heterocycles. The summed E-state index contributed by atoms with van der Waals surface area (Å²) in [4.78, 5) is 0. The van der Waals surface area contributed by atoms with Crippen molar-refractivity contribution in [1.82, 2.24) is 0 Å². The average molecular weight is 174 g/mol. The summed E-state index contributed by atoms with van der Waals surface area (Å²) in [6, 6.07) is 0. The molecule has 0 amide bonds. The van der Waals surface area contributed by atoms with Crippen molar-refractivity contribution in [2.24, 2.45) is 0 Å². The molecule has 0 rings (SSSR count). The van der Waals surface area contributed by atoms with E-state index in [4.69, 9.17) is 0 Å². The monoisotopic (exact) mass is 174 g/mol. The quantitative estimate of drug-likeness (QED) is 0.492. The molecule has 0 saturated heterocycles. The second-order valence-electron chi connectivity index (χ2n) is 5.53. The van der Waals surface area contributed by atoms with Crippen LogP contribution in [0, 0.1) is 0 Å². The SMILES string of the molecule is C=P(C)(C(C)(C)C)C(C)(C)C. The van der Waals surface area contributed by atoms with Gasteiger partial charge in [0, 0.05) is 0 Å². The summed E-state index contributed by atoms with van der Waals surface area (Å²) in [5.41, 5.74) is 0. The Labute approximate surface area is 72.4 Å². The van der Waals surface area contributed by atoms with Crippen molar-refractivity contribution < 1.29 is 0 Å². The van der Waals surface area contributed by atoms with E-state index in [0.717, 1.165) is 0 Å². The molecule has 0 aromatic carbocycles. The lowest BCUT2D eigenvalue weighted by Crippen LogP contribution is -2.27. The van der Waals surface area contributed by atoms with E-state index in [1.54, 1.807) is 0 Å². The zero-order valence-electron chi connectivity index (χ0n) is 9.15. The van der Waals surface area contributed by atoms with Gasteiger partial charge in [-0.15, -0.1) is 6.89 Å². The maximum atomic E-state index is 4.42. The van der Waals surface area contributed by atoms with Crippen LogP contribution in [0.25, 0.3) is 0 Å². The highest BCUT2D eigenvalue weighted by Gasteiger charge is 2.34. The van der Waals surface area contributed by atoms with Crippen LogP contribution in [-0.4, -0.2) is 23.3 Å². The van der Waals surface area contributed by atoms with Crippen LogP contribution in [0.3, 0.4) is 0 Å². The Hall–Kier alpha value is 0.300. The number of rotatable bonds is 0. The molecule has 0 radical (unpaired) electrons. The second-order valence-corrected chi connectivity index (χ2v) is 10.6. The number of hydrogen-bond donors (Lipinski definition) is 0. The topological polar surface area (TPSA) is 0 Å². The van der Waals surface area contributed by atoms with Gasteiger partial charge in [0.1, 0.15) is 0 Å². The molecule has 1 heteroatoms. The first-order valence-electron chi connectivity index (χ1n) is 4.21. The fraction of sp³-hybridized carbons (Fsp3) is 0.900. The molecule has 0 aromatic rings. The molecule has 0 N–H and O–H groups in total. The third-order valence-corrected chi connectivity index (χ3v) is 8.88. The minimum Gasteiger partial charge on any atom is -0.105 e. The third kappa shape index (κ3) is 2.12. The van der Waals surface area contributed by atoms with Crippen LogP contribution in [0.5, 0.6) is 0 Å². The fourth-order valence-corrected chi connectivity index (χ4v) is 3.02. The summed E-state index contributed by atoms with van der Waals surface area (Å²) in [5.74, 6) is 0. The Kier molecular flexibility index (Phi) is 2.73. The van der Waals surface area contributed by atoms with Gasteiger partial charge in [0.05, 0.1) is 0 Å². The van der Waals surface area contributed by atoms with E-state index in [0.29, 0.717) is 10.3 Å². The van der Waals surface area contributed by atoms with Gasteiger partial charge in [0.2, 0.25) is 0 Å². The molecule has 0 aliphatic carbocycles. The molecule has 0 saturated carbocycles. The highest BCUT2D eigenvalue weighted by atomic mass is 31.2. The van der Waals surface area contributed by atoms with Crippen molar-refractivity contribution in [3.05, 3.63) is 0 Å². The van der Waals surface area contributed by atoms with E-state index in [9.17, 15) is 0 Å². The van der Waals surface area contributed by atoms with Crippen LogP contribution in [0.4, 0.5) is 0 Å². The number of hydrogen-bond acceptors (Lipinski definition) is 0. The lowest BCUT2D eigenvalue weighted by molar-refractivity contribution is 0.707. The first-order chi connectivity index (χ1) is 4.50. The molecule has 68 valence electrons. The van der Waals surface area contributed by atoms with E-state index in [1.807, 2.05) is 0 Å². The zero-order chi connectivity index (χ0) is 9.50. The first-order valence-corrected chi connectivity index (χ1v) is 6.63. The molecular weight excluding hydrogens is 151 g/mol. The van der Waals surface area contributed by atoms with Gasteiger partial charge in [-0.3, -0.25) is 0 Å². The van der Waals surface area contributed by atoms with Crippen LogP contribution >= 0.6 is 6.89 Å². The summed E-state index contributed by atoms with van der Waals surface area (Å²) in [6.45, 7) is 15.1. The zero-order valence-corrected chi connectivity index (χ0v) is 10.0. The standard InChI is InChI=1S/C10H23P/c1-9(2,3)11(7,8)10(4,5)6/h7H2,1-6,8H3. The summed E-state index contributed by atoms with van der Waals surface area (Å²) in [6.07, 6.45) is 4.42. The van der Waals surface area contributed by atoms with Gasteiger partial charge in [-0.05, 0) is 17.0 Å². The normalized spacial score (nSPS) is 15.2. The molecule has 0 aliphatic heterocycles. The van der Waals surface area contributed by atoms with Crippen molar-refractivity contribution >= 4 is 13.2 Å². The van der Waals surface area contributed by atoms with Crippen molar-refractivity contribution in [1.29, 1.82) is 0 Å². The molecule has 11 heavy (non-hydrogen) atoms. The second kappa shape index (κ2) is 2.66. The molecule has 0 aliphatic rings. The predicted octanol–water partition coefficient (Wildman–Crippen LogP) is 3.66. The highest BCUT2D eigenvalue weighted by Crippen LogP contribution is 2.63. The van der Waals surface area contributed by atoms with Crippen molar-refractivity contribution in [2.75, 3.05) is 6.66 Å². The van der Waals surface area contributed by atoms with Crippen molar-refractivity contribution in [2.45, 2.75) is 51.9 Å². The molecule has 0 fully saturated rings. The van der Waals surface area contributed by atoms with Crippen LogP contribution < -0.4 is 0 Å². The molecule has 0 spiro atoms. The maximum Gasteiger partial charge on any atom is -0.0184 e. The van der Waals surface area contributed by atoms with E-state index < -0.39 is 6.89 Å². The van der Waals surface area contributed by atoms with Crippen LogP contribution in [-0.2, 0) is 0 Å². The highest BCUT2D eigenvalue weighted by molar-refractivity contribution is 7.75. The van der Waals surface area contributed by atoms with Gasteiger partial charge in [-0.1, -0.05) is 47.8 Å². The van der Waals surface area contributed by atoms with Gasteiger partial charge in [-0.25, -0.2) is 0 Å². The Morgan fingerprint density at radius 3 is 1.00 bits per heavy atom. The Morgan fingerprint density at radius 1 is 0.818 bits per heavy atom. The summed E-state index contributed by atoms with van der Waals surface area (Å²) < 4.78 is 0. The van der Waals surface area contributed by atoms with Crippen LogP contribution in [0.1, 0.15) is 41.5 Å². The van der Waals surface area contributed by atoms with Gasteiger partial charge in [0.15, 0.2) is 0 Å². The van der Waals surface area contributed by atoms with E-state index in [2.05, 4.69) is 54.5 Å². The Balaban J connectivity index is 4.92. The van der Waals surface area contributed by atoms with Gasteiger partial charge in [-0.2, -0.15) is 0 Å². The molecule has 0 aromatic heterocycles. The predicted molar refractivity (Wildman–Crippen MR) is 59.5 cm³/mol. The lowest BCUT2D eigenvalue weighted by Gasteiger charge is -2.44. The summed E-state index contributed by atoms with van der Waals surface area (Å²) >= 11 is 0. The third-order valence-electron chi connectivity index (χ3n) is 2.96. The van der Waals surface area contributed by atoms with Crippen molar-refractivity contribution in [3.8, 4) is 0 Å².